The third-order valence-corrected chi connectivity index (χ3v) is 4.94. The fraction of sp³-hybridized carbons (Fsp3) is 0.611. The number of nitrogen functional groups attached to an aromatic ring is 1. The topological polar surface area (TPSA) is 58.8 Å². The molecule has 0 radical (unpaired) electrons. The van der Waals surface area contributed by atoms with Crippen LogP contribution in [-0.4, -0.2) is 41.8 Å². The smallest absolute Gasteiger partial charge is 0.410 e. The fourth-order valence-electron chi connectivity index (χ4n) is 3.53. The number of nitrogens with zero attached hydrogens (tertiary/aromatic N) is 2. The summed E-state index contributed by atoms with van der Waals surface area (Å²) in [6, 6.07) is 8.02. The molecule has 0 aromatic heterocycles. The van der Waals surface area contributed by atoms with Crippen LogP contribution in [0.3, 0.4) is 0 Å². The van der Waals surface area contributed by atoms with Crippen molar-refractivity contribution in [1.29, 1.82) is 0 Å². The van der Waals surface area contributed by atoms with Gasteiger partial charge >= 0.3 is 6.09 Å². The van der Waals surface area contributed by atoms with E-state index in [2.05, 4.69) is 17.0 Å². The second kappa shape index (κ2) is 5.62. The predicted octanol–water partition coefficient (Wildman–Crippen LogP) is 3.25. The second-order valence-corrected chi connectivity index (χ2v) is 7.68. The quantitative estimate of drug-likeness (QED) is 0.808. The van der Waals surface area contributed by atoms with Gasteiger partial charge in [0.05, 0.1) is 5.54 Å². The Kier molecular flexibility index (Phi) is 3.90. The monoisotopic (exact) mass is 317 g/mol. The number of piperidine rings is 1. The number of hydrogen-bond acceptors (Lipinski definition) is 4. The maximum Gasteiger partial charge on any atom is 0.410 e. The van der Waals surface area contributed by atoms with E-state index in [1.165, 1.54) is 5.69 Å². The first-order valence-corrected chi connectivity index (χ1v) is 8.40. The molecule has 2 aliphatic heterocycles. The highest BCUT2D eigenvalue weighted by atomic mass is 16.6. The van der Waals surface area contributed by atoms with Gasteiger partial charge in [0.1, 0.15) is 5.60 Å². The van der Waals surface area contributed by atoms with Gasteiger partial charge in [-0.3, -0.25) is 0 Å². The number of benzene rings is 1. The Morgan fingerprint density at radius 2 is 1.65 bits per heavy atom. The van der Waals surface area contributed by atoms with Crippen molar-refractivity contribution in [1.82, 2.24) is 4.90 Å². The number of likely N-dealkylation sites (tertiary alicyclic amines) is 1. The molecule has 1 amide bonds. The number of amides is 1. The molecule has 0 bridgehead atoms. The third-order valence-electron chi connectivity index (χ3n) is 4.94. The number of carbonyl (C=O) groups is 1. The van der Waals surface area contributed by atoms with Crippen molar-refractivity contribution in [3.8, 4) is 0 Å². The van der Waals surface area contributed by atoms with Gasteiger partial charge in [0.15, 0.2) is 0 Å². The largest absolute Gasteiger partial charge is 0.444 e. The highest BCUT2D eigenvalue weighted by molar-refractivity contribution is 5.70. The van der Waals surface area contributed by atoms with Crippen molar-refractivity contribution in [3.05, 3.63) is 24.3 Å². The normalized spacial score (nSPS) is 20.3. The third kappa shape index (κ3) is 3.23. The zero-order valence-corrected chi connectivity index (χ0v) is 14.3. The van der Waals surface area contributed by atoms with Crippen molar-refractivity contribution < 1.29 is 9.53 Å². The van der Waals surface area contributed by atoms with Crippen LogP contribution in [0.25, 0.3) is 0 Å². The molecule has 2 aliphatic rings. The highest BCUT2D eigenvalue weighted by Gasteiger charge is 2.50. The highest BCUT2D eigenvalue weighted by Crippen LogP contribution is 2.41. The van der Waals surface area contributed by atoms with Crippen molar-refractivity contribution in [2.75, 3.05) is 30.3 Å². The average molecular weight is 317 g/mol. The van der Waals surface area contributed by atoms with Gasteiger partial charge in [-0.05, 0) is 64.3 Å². The van der Waals surface area contributed by atoms with Crippen molar-refractivity contribution in [2.24, 2.45) is 0 Å². The van der Waals surface area contributed by atoms with E-state index in [1.807, 2.05) is 37.8 Å². The van der Waals surface area contributed by atoms with Crippen LogP contribution in [0.4, 0.5) is 16.2 Å². The van der Waals surface area contributed by atoms with Crippen molar-refractivity contribution in [2.45, 2.75) is 51.2 Å². The molecule has 126 valence electrons. The number of ether oxygens (including phenoxy) is 1. The Balaban J connectivity index is 1.61. The SMILES string of the molecule is CC(C)(C)OC(=O)N1CCC12CCN(c1ccc(N)cc1)CC2. The molecular weight excluding hydrogens is 290 g/mol. The predicted molar refractivity (Wildman–Crippen MR) is 92.6 cm³/mol. The molecule has 2 fully saturated rings. The van der Waals surface area contributed by atoms with Crippen LogP contribution < -0.4 is 10.6 Å². The van der Waals surface area contributed by atoms with Gasteiger partial charge in [-0.1, -0.05) is 0 Å². The van der Waals surface area contributed by atoms with Crippen molar-refractivity contribution >= 4 is 17.5 Å². The molecule has 1 aromatic carbocycles. The Labute approximate surface area is 138 Å². The molecule has 0 aliphatic carbocycles. The van der Waals surface area contributed by atoms with E-state index in [0.717, 1.165) is 44.6 Å². The van der Waals surface area contributed by atoms with Gasteiger partial charge in [0.2, 0.25) is 0 Å². The summed E-state index contributed by atoms with van der Waals surface area (Å²) in [5, 5.41) is 0. The number of hydrogen-bond donors (Lipinski definition) is 1. The summed E-state index contributed by atoms with van der Waals surface area (Å²) < 4.78 is 5.55. The van der Waals surface area contributed by atoms with Crippen LogP contribution in [0.1, 0.15) is 40.0 Å². The van der Waals surface area contributed by atoms with Gasteiger partial charge in [-0.15, -0.1) is 0 Å². The average Bonchev–Trinajstić information content (AvgIpc) is 2.45. The molecule has 1 spiro atoms. The molecule has 3 rings (SSSR count). The van der Waals surface area contributed by atoms with Crippen LogP contribution in [0.2, 0.25) is 0 Å². The molecule has 2 heterocycles. The van der Waals surface area contributed by atoms with Crippen LogP contribution in [0.15, 0.2) is 24.3 Å². The summed E-state index contributed by atoms with van der Waals surface area (Å²) >= 11 is 0. The summed E-state index contributed by atoms with van der Waals surface area (Å²) in [6.07, 6.45) is 2.92. The molecule has 0 saturated carbocycles. The summed E-state index contributed by atoms with van der Waals surface area (Å²) in [5.41, 5.74) is 7.32. The first-order chi connectivity index (χ1) is 10.8. The van der Waals surface area contributed by atoms with Crippen LogP contribution >= 0.6 is 0 Å². The minimum Gasteiger partial charge on any atom is -0.444 e. The van der Waals surface area contributed by atoms with Crippen LogP contribution in [0, 0.1) is 0 Å². The fourth-order valence-corrected chi connectivity index (χ4v) is 3.53. The van der Waals surface area contributed by atoms with E-state index in [0.29, 0.717) is 0 Å². The number of nitrogens with two attached hydrogens (primary N) is 1. The Hall–Kier alpha value is -1.91. The van der Waals surface area contributed by atoms with E-state index < -0.39 is 5.60 Å². The molecule has 0 unspecified atom stereocenters. The lowest BCUT2D eigenvalue weighted by Crippen LogP contribution is -2.66. The lowest BCUT2D eigenvalue weighted by molar-refractivity contribution is -0.0541. The number of rotatable bonds is 1. The Bertz CT molecular complexity index is 569. The second-order valence-electron chi connectivity index (χ2n) is 7.68. The molecular formula is C18H27N3O2. The number of anilines is 2. The summed E-state index contributed by atoms with van der Waals surface area (Å²) in [7, 11) is 0. The zero-order valence-electron chi connectivity index (χ0n) is 14.3. The molecule has 2 N–H and O–H groups in total. The minimum atomic E-state index is -0.432. The van der Waals surface area contributed by atoms with Crippen LogP contribution in [-0.2, 0) is 4.74 Å². The maximum absolute atomic E-state index is 12.4. The van der Waals surface area contributed by atoms with Gasteiger partial charge in [-0.2, -0.15) is 0 Å². The van der Waals surface area contributed by atoms with E-state index in [9.17, 15) is 4.79 Å². The van der Waals surface area contributed by atoms with E-state index >= 15 is 0 Å². The Morgan fingerprint density at radius 3 is 2.13 bits per heavy atom. The minimum absolute atomic E-state index is 0.00659. The van der Waals surface area contributed by atoms with Gasteiger partial charge < -0.3 is 20.3 Å². The first kappa shape index (κ1) is 16.0. The van der Waals surface area contributed by atoms with Crippen molar-refractivity contribution in [3.63, 3.8) is 0 Å². The lowest BCUT2D eigenvalue weighted by Gasteiger charge is -2.56. The Morgan fingerprint density at radius 1 is 1.09 bits per heavy atom. The molecule has 23 heavy (non-hydrogen) atoms. The molecule has 0 atom stereocenters. The van der Waals surface area contributed by atoms with Gasteiger partial charge in [0, 0.05) is 31.0 Å². The molecule has 1 aromatic rings. The summed E-state index contributed by atoms with van der Waals surface area (Å²) in [6.45, 7) is 8.49. The lowest BCUT2D eigenvalue weighted by atomic mass is 9.76. The van der Waals surface area contributed by atoms with E-state index in [-0.39, 0.29) is 11.6 Å². The molecule has 5 nitrogen and oxygen atoms in total. The van der Waals surface area contributed by atoms with Gasteiger partial charge in [-0.25, -0.2) is 4.79 Å². The summed E-state index contributed by atoms with van der Waals surface area (Å²) in [4.78, 5) is 16.7. The van der Waals surface area contributed by atoms with Crippen LogP contribution in [0.5, 0.6) is 0 Å². The first-order valence-electron chi connectivity index (χ1n) is 8.40. The zero-order chi connectivity index (χ0) is 16.7. The standard InChI is InChI=1S/C18H27N3O2/c1-17(2,3)23-16(22)21-13-10-18(21)8-11-20(12-9-18)15-6-4-14(19)5-7-15/h4-7H,8-13,19H2,1-3H3. The number of carbonyl (C=O) groups excluding carboxylic acids is 1. The maximum atomic E-state index is 12.4. The molecule has 5 heteroatoms. The van der Waals surface area contributed by atoms with E-state index in [4.69, 9.17) is 10.5 Å². The molecule has 2 saturated heterocycles. The van der Waals surface area contributed by atoms with Gasteiger partial charge in [0.25, 0.3) is 0 Å². The summed E-state index contributed by atoms with van der Waals surface area (Å²) in [5.74, 6) is 0. The van der Waals surface area contributed by atoms with E-state index in [1.54, 1.807) is 0 Å².